The number of nitrogens with one attached hydrogen (secondary N) is 1. The molecule has 0 saturated heterocycles. The van der Waals surface area contributed by atoms with E-state index < -0.39 is 17.8 Å². The molecule has 0 fully saturated rings. The fraction of sp³-hybridized carbons (Fsp3) is 0. The second kappa shape index (κ2) is 6.99. The molecule has 132 valence electrons. The van der Waals surface area contributed by atoms with Crippen molar-refractivity contribution < 1.29 is 19.5 Å². The number of carbonyl (C=O) groups excluding carboxylic acids is 3. The van der Waals surface area contributed by atoms with Crippen molar-refractivity contribution in [3.8, 4) is 0 Å². The molecular formula is C17H8Cl3N2O4-. The van der Waals surface area contributed by atoms with Crippen molar-refractivity contribution in [1.82, 2.24) is 0 Å². The first-order chi connectivity index (χ1) is 12.3. The van der Waals surface area contributed by atoms with E-state index in [-0.39, 0.29) is 32.0 Å². The van der Waals surface area contributed by atoms with Gasteiger partial charge in [0.05, 0.1) is 21.7 Å². The van der Waals surface area contributed by atoms with E-state index >= 15 is 0 Å². The standard InChI is InChI=1S/C17H9Cl3N2O4/c18-10-2-1-3-11(12(10)19)22-15(23)13(20)14(16(22)24)21-9-6-4-8(5-7-9)17(25)26/h1-7,21H,(H,25,26)/p-1. The molecule has 0 radical (unpaired) electrons. The smallest absolute Gasteiger partial charge is 0.283 e. The van der Waals surface area contributed by atoms with Crippen molar-refractivity contribution in [3.63, 3.8) is 0 Å². The van der Waals surface area contributed by atoms with Gasteiger partial charge in [0.1, 0.15) is 10.7 Å². The van der Waals surface area contributed by atoms with Crippen molar-refractivity contribution >= 4 is 64.0 Å². The van der Waals surface area contributed by atoms with Gasteiger partial charge in [0.2, 0.25) is 0 Å². The van der Waals surface area contributed by atoms with Crippen molar-refractivity contribution in [2.24, 2.45) is 0 Å². The largest absolute Gasteiger partial charge is 0.545 e. The zero-order valence-corrected chi connectivity index (χ0v) is 15.0. The minimum Gasteiger partial charge on any atom is -0.545 e. The van der Waals surface area contributed by atoms with Crippen molar-refractivity contribution in [3.05, 3.63) is 68.8 Å². The van der Waals surface area contributed by atoms with Crippen LogP contribution in [0.2, 0.25) is 10.0 Å². The zero-order valence-electron chi connectivity index (χ0n) is 12.8. The molecule has 1 N–H and O–H groups in total. The molecule has 2 aromatic rings. The molecule has 26 heavy (non-hydrogen) atoms. The highest BCUT2D eigenvalue weighted by Gasteiger charge is 2.40. The number of hydrogen-bond acceptors (Lipinski definition) is 5. The Morgan fingerprint density at radius 2 is 1.62 bits per heavy atom. The minimum absolute atomic E-state index is 0.0308. The number of hydrogen-bond donors (Lipinski definition) is 1. The summed E-state index contributed by atoms with van der Waals surface area (Å²) in [6, 6.07) is 9.93. The van der Waals surface area contributed by atoms with Gasteiger partial charge in [0.15, 0.2) is 0 Å². The molecule has 1 aliphatic heterocycles. The van der Waals surface area contributed by atoms with Crippen LogP contribution in [-0.2, 0) is 9.59 Å². The van der Waals surface area contributed by atoms with Crippen LogP contribution in [0.4, 0.5) is 11.4 Å². The van der Waals surface area contributed by atoms with Gasteiger partial charge >= 0.3 is 0 Å². The molecule has 2 amide bonds. The van der Waals surface area contributed by atoms with E-state index in [1.807, 2.05) is 0 Å². The molecule has 0 bridgehead atoms. The molecule has 2 aromatic carbocycles. The number of aromatic carboxylic acids is 1. The average molecular weight is 411 g/mol. The van der Waals surface area contributed by atoms with Crippen LogP contribution in [0.3, 0.4) is 0 Å². The Morgan fingerprint density at radius 1 is 0.962 bits per heavy atom. The number of carboxylic acid groups (broad SMARTS) is 1. The number of carboxylic acids is 1. The fourth-order valence-electron chi connectivity index (χ4n) is 2.33. The summed E-state index contributed by atoms with van der Waals surface area (Å²) in [5.41, 5.74) is 0.283. The first-order valence-electron chi connectivity index (χ1n) is 7.12. The highest BCUT2D eigenvalue weighted by atomic mass is 35.5. The van der Waals surface area contributed by atoms with Gasteiger partial charge in [-0.3, -0.25) is 9.59 Å². The number of rotatable bonds is 4. The van der Waals surface area contributed by atoms with Crippen LogP contribution in [0, 0.1) is 0 Å². The number of halogens is 3. The summed E-state index contributed by atoms with van der Waals surface area (Å²) in [4.78, 5) is 36.7. The molecule has 0 saturated carbocycles. The molecule has 0 aromatic heterocycles. The second-order valence-electron chi connectivity index (χ2n) is 5.20. The molecule has 0 atom stereocenters. The number of imide groups is 1. The highest BCUT2D eigenvalue weighted by Crippen LogP contribution is 2.37. The van der Waals surface area contributed by atoms with Crippen LogP contribution in [0.5, 0.6) is 0 Å². The number of amides is 2. The lowest BCUT2D eigenvalue weighted by atomic mass is 10.2. The Labute approximate surface area is 162 Å². The molecule has 0 spiro atoms. The molecule has 9 heteroatoms. The van der Waals surface area contributed by atoms with E-state index in [0.29, 0.717) is 5.69 Å². The summed E-state index contributed by atoms with van der Waals surface area (Å²) in [7, 11) is 0. The molecule has 6 nitrogen and oxygen atoms in total. The normalized spacial score (nSPS) is 14.2. The Hall–Kier alpha value is -2.54. The van der Waals surface area contributed by atoms with Gasteiger partial charge in [-0.2, -0.15) is 0 Å². The van der Waals surface area contributed by atoms with Crippen molar-refractivity contribution in [2.45, 2.75) is 0 Å². The fourth-order valence-corrected chi connectivity index (χ4v) is 2.92. The average Bonchev–Trinajstić information content (AvgIpc) is 2.82. The second-order valence-corrected chi connectivity index (χ2v) is 6.36. The van der Waals surface area contributed by atoms with Gasteiger partial charge in [-0.1, -0.05) is 53.0 Å². The number of nitrogens with zero attached hydrogens (tertiary/aromatic N) is 1. The van der Waals surface area contributed by atoms with Gasteiger partial charge < -0.3 is 15.2 Å². The lowest BCUT2D eigenvalue weighted by Crippen LogP contribution is -2.32. The molecule has 0 unspecified atom stereocenters. The van der Waals surface area contributed by atoms with Crippen LogP contribution in [-0.4, -0.2) is 17.8 Å². The quantitative estimate of drug-likeness (QED) is 0.783. The van der Waals surface area contributed by atoms with E-state index in [4.69, 9.17) is 34.8 Å². The van der Waals surface area contributed by atoms with Crippen LogP contribution in [0.15, 0.2) is 53.2 Å². The lowest BCUT2D eigenvalue weighted by Gasteiger charge is -2.17. The molecular weight excluding hydrogens is 403 g/mol. The highest BCUT2D eigenvalue weighted by molar-refractivity contribution is 6.54. The van der Waals surface area contributed by atoms with Crippen LogP contribution < -0.4 is 15.3 Å². The SMILES string of the molecule is O=C([O-])c1ccc(NC2=C(Cl)C(=O)N(c3cccc(Cl)c3Cl)C2=O)cc1. The van der Waals surface area contributed by atoms with E-state index in [1.165, 1.54) is 36.4 Å². The van der Waals surface area contributed by atoms with Gasteiger partial charge in [-0.05, 0) is 29.8 Å². The van der Waals surface area contributed by atoms with Gasteiger partial charge in [-0.25, -0.2) is 4.90 Å². The Balaban J connectivity index is 1.91. The molecule has 1 heterocycles. The minimum atomic E-state index is -1.33. The van der Waals surface area contributed by atoms with Gasteiger partial charge in [0, 0.05) is 5.69 Å². The summed E-state index contributed by atoms with van der Waals surface area (Å²) in [6.45, 7) is 0. The molecule has 3 rings (SSSR count). The molecule has 0 aliphatic carbocycles. The monoisotopic (exact) mass is 409 g/mol. The van der Waals surface area contributed by atoms with Crippen LogP contribution in [0.1, 0.15) is 10.4 Å². The van der Waals surface area contributed by atoms with Gasteiger partial charge in [-0.15, -0.1) is 0 Å². The number of carbonyl (C=O) groups is 3. The zero-order chi connectivity index (χ0) is 19.0. The van der Waals surface area contributed by atoms with Crippen LogP contribution >= 0.6 is 34.8 Å². The molecule has 1 aliphatic rings. The maximum absolute atomic E-state index is 12.7. The van der Waals surface area contributed by atoms with Crippen LogP contribution in [0.25, 0.3) is 0 Å². The van der Waals surface area contributed by atoms with E-state index in [1.54, 1.807) is 6.07 Å². The lowest BCUT2D eigenvalue weighted by molar-refractivity contribution is -0.255. The summed E-state index contributed by atoms with van der Waals surface area (Å²) in [5, 5.41) is 13.4. The Morgan fingerprint density at radius 3 is 2.23 bits per heavy atom. The number of benzene rings is 2. The van der Waals surface area contributed by atoms with Crippen molar-refractivity contribution in [1.29, 1.82) is 0 Å². The summed E-state index contributed by atoms with van der Waals surface area (Å²) in [6.07, 6.45) is 0. The maximum Gasteiger partial charge on any atom is 0.283 e. The third kappa shape index (κ3) is 3.14. The van der Waals surface area contributed by atoms with Crippen molar-refractivity contribution in [2.75, 3.05) is 10.2 Å². The van der Waals surface area contributed by atoms with E-state index in [9.17, 15) is 19.5 Å². The first kappa shape index (κ1) is 18.3. The maximum atomic E-state index is 12.7. The summed E-state index contributed by atoms with van der Waals surface area (Å²) in [5.74, 6) is -2.80. The first-order valence-corrected chi connectivity index (χ1v) is 8.25. The van der Waals surface area contributed by atoms with Gasteiger partial charge in [0.25, 0.3) is 11.8 Å². The summed E-state index contributed by atoms with van der Waals surface area (Å²) < 4.78 is 0. The third-order valence-corrected chi connectivity index (χ3v) is 4.75. The topological polar surface area (TPSA) is 89.5 Å². The van der Waals surface area contributed by atoms with E-state index in [0.717, 1.165) is 4.90 Å². The summed E-state index contributed by atoms with van der Waals surface area (Å²) >= 11 is 18.0. The Bertz CT molecular complexity index is 970. The third-order valence-electron chi connectivity index (χ3n) is 3.59. The predicted molar refractivity (Wildman–Crippen MR) is 96.2 cm³/mol. The predicted octanol–water partition coefficient (Wildman–Crippen LogP) is 2.79. The van der Waals surface area contributed by atoms with E-state index in [2.05, 4.69) is 5.32 Å². The number of anilines is 2. The Kier molecular flexibility index (Phi) is 4.91.